The van der Waals surface area contributed by atoms with Crippen LogP contribution in [0.15, 0.2) is 54.6 Å². The maximum absolute atomic E-state index is 12.4. The number of esters is 1. The molecule has 2 N–H and O–H groups in total. The first-order valence-electron chi connectivity index (χ1n) is 11.6. The molecule has 1 atom stereocenters. The standard InChI is InChI=1S/C26H32N2O5/c1-2-31-26(30)24-25(22-10-6-7-11-23(22)27-24)33-18-20(29)16-28-14-12-19(13-15-28)17-32-21-8-4-3-5-9-21/h3-11,19-20,27,29H,2,12-18H2,1H3. The number of aliphatic hydroxyl groups is 1. The van der Waals surface area contributed by atoms with E-state index >= 15 is 0 Å². The molecule has 1 unspecified atom stereocenters. The van der Waals surface area contributed by atoms with Gasteiger partial charge in [-0.2, -0.15) is 0 Å². The van der Waals surface area contributed by atoms with Gasteiger partial charge in [-0.3, -0.25) is 0 Å². The van der Waals surface area contributed by atoms with Gasteiger partial charge < -0.3 is 29.2 Å². The summed E-state index contributed by atoms with van der Waals surface area (Å²) in [6.07, 6.45) is 1.41. The fourth-order valence-electron chi connectivity index (χ4n) is 4.21. The Morgan fingerprint density at radius 3 is 2.58 bits per heavy atom. The maximum atomic E-state index is 12.4. The number of carbonyl (C=O) groups is 1. The van der Waals surface area contributed by atoms with Gasteiger partial charge in [0.25, 0.3) is 0 Å². The number of benzene rings is 2. The summed E-state index contributed by atoms with van der Waals surface area (Å²) in [6, 6.07) is 17.4. The Kier molecular flexibility index (Phi) is 7.86. The second kappa shape index (κ2) is 11.2. The van der Waals surface area contributed by atoms with Crippen LogP contribution in [-0.4, -0.2) is 66.5 Å². The number of nitrogens with one attached hydrogen (secondary N) is 1. The number of aliphatic hydroxyl groups excluding tert-OH is 1. The van der Waals surface area contributed by atoms with Crippen LogP contribution in [0.4, 0.5) is 0 Å². The van der Waals surface area contributed by atoms with Crippen LogP contribution in [0.5, 0.6) is 11.5 Å². The summed E-state index contributed by atoms with van der Waals surface area (Å²) in [6.45, 7) is 5.24. The third kappa shape index (κ3) is 6.06. The second-order valence-electron chi connectivity index (χ2n) is 8.43. The molecule has 0 amide bonds. The van der Waals surface area contributed by atoms with Gasteiger partial charge in [-0.15, -0.1) is 0 Å². The van der Waals surface area contributed by atoms with Crippen molar-refractivity contribution in [2.75, 3.05) is 39.5 Å². The van der Waals surface area contributed by atoms with E-state index in [1.807, 2.05) is 54.6 Å². The van der Waals surface area contributed by atoms with Crippen LogP contribution < -0.4 is 9.47 Å². The van der Waals surface area contributed by atoms with Crippen molar-refractivity contribution in [2.45, 2.75) is 25.9 Å². The van der Waals surface area contributed by atoms with Crippen molar-refractivity contribution in [1.29, 1.82) is 0 Å². The lowest BCUT2D eigenvalue weighted by Gasteiger charge is -2.33. The fraction of sp³-hybridized carbons (Fsp3) is 0.423. The van der Waals surface area contributed by atoms with Crippen LogP contribution in [0.1, 0.15) is 30.3 Å². The van der Waals surface area contributed by atoms with Crippen LogP contribution in [0.25, 0.3) is 10.9 Å². The van der Waals surface area contributed by atoms with E-state index < -0.39 is 12.1 Å². The van der Waals surface area contributed by atoms with Crippen molar-refractivity contribution in [3.05, 3.63) is 60.3 Å². The lowest BCUT2D eigenvalue weighted by Crippen LogP contribution is -2.41. The average Bonchev–Trinajstić information content (AvgIpc) is 3.22. The number of rotatable bonds is 10. The summed E-state index contributed by atoms with van der Waals surface area (Å²) in [7, 11) is 0. The third-order valence-corrected chi connectivity index (χ3v) is 5.96. The third-order valence-electron chi connectivity index (χ3n) is 5.96. The highest BCUT2D eigenvalue weighted by Gasteiger charge is 2.24. The molecule has 2 heterocycles. The predicted octanol–water partition coefficient (Wildman–Crippen LogP) is 3.88. The predicted molar refractivity (Wildman–Crippen MR) is 127 cm³/mol. The molecular formula is C26H32N2O5. The first-order chi connectivity index (χ1) is 16.1. The molecule has 1 aromatic heterocycles. The summed E-state index contributed by atoms with van der Waals surface area (Å²) in [4.78, 5) is 17.7. The van der Waals surface area contributed by atoms with E-state index in [9.17, 15) is 9.90 Å². The molecule has 2 aromatic carbocycles. The normalized spacial score (nSPS) is 15.9. The molecule has 1 saturated heterocycles. The molecule has 3 aromatic rings. The molecule has 0 bridgehead atoms. The number of β-amino-alcohol motifs (C(OH)–C–C–N with tert-alkyl or cyclic N) is 1. The fourth-order valence-corrected chi connectivity index (χ4v) is 4.21. The van der Waals surface area contributed by atoms with Crippen LogP contribution >= 0.6 is 0 Å². The number of para-hydroxylation sites is 2. The number of fused-ring (bicyclic) bond motifs is 1. The summed E-state index contributed by atoms with van der Waals surface area (Å²) in [5, 5.41) is 11.4. The number of hydrogen-bond donors (Lipinski definition) is 2. The van der Waals surface area contributed by atoms with E-state index in [-0.39, 0.29) is 18.9 Å². The Morgan fingerprint density at radius 1 is 1.09 bits per heavy atom. The minimum absolute atomic E-state index is 0.102. The molecule has 1 aliphatic rings. The minimum Gasteiger partial charge on any atom is -0.493 e. The zero-order valence-electron chi connectivity index (χ0n) is 19.0. The molecule has 7 nitrogen and oxygen atoms in total. The molecule has 0 aliphatic carbocycles. The number of aromatic amines is 1. The van der Waals surface area contributed by atoms with Crippen molar-refractivity contribution in [1.82, 2.24) is 9.88 Å². The van der Waals surface area contributed by atoms with E-state index in [1.54, 1.807) is 6.92 Å². The smallest absolute Gasteiger partial charge is 0.358 e. The molecule has 0 saturated carbocycles. The number of ether oxygens (including phenoxy) is 3. The number of aromatic nitrogens is 1. The van der Waals surface area contributed by atoms with Crippen LogP contribution in [0.3, 0.4) is 0 Å². The lowest BCUT2D eigenvalue weighted by molar-refractivity contribution is 0.0459. The van der Waals surface area contributed by atoms with Gasteiger partial charge in [-0.05, 0) is 63.0 Å². The van der Waals surface area contributed by atoms with Crippen molar-refractivity contribution in [2.24, 2.45) is 5.92 Å². The molecular weight excluding hydrogens is 420 g/mol. The Bertz CT molecular complexity index is 1030. The summed E-state index contributed by atoms with van der Waals surface area (Å²) in [5.41, 5.74) is 1.08. The van der Waals surface area contributed by atoms with E-state index in [0.29, 0.717) is 18.2 Å². The number of carbonyl (C=O) groups excluding carboxylic acids is 1. The van der Waals surface area contributed by atoms with Crippen LogP contribution in [-0.2, 0) is 4.74 Å². The van der Waals surface area contributed by atoms with Crippen LogP contribution in [0.2, 0.25) is 0 Å². The lowest BCUT2D eigenvalue weighted by atomic mass is 9.97. The van der Waals surface area contributed by atoms with Gasteiger partial charge in [0.1, 0.15) is 18.5 Å². The number of likely N-dealkylation sites (tertiary alicyclic amines) is 1. The Balaban J connectivity index is 1.26. The highest BCUT2D eigenvalue weighted by Crippen LogP contribution is 2.31. The van der Waals surface area contributed by atoms with Crippen LogP contribution in [0, 0.1) is 5.92 Å². The molecule has 1 aliphatic heterocycles. The van der Waals surface area contributed by atoms with Crippen molar-refractivity contribution in [3.63, 3.8) is 0 Å². The quantitative estimate of drug-likeness (QED) is 0.454. The van der Waals surface area contributed by atoms with Gasteiger partial charge in [-0.1, -0.05) is 30.3 Å². The van der Waals surface area contributed by atoms with Gasteiger partial charge >= 0.3 is 5.97 Å². The molecule has 7 heteroatoms. The second-order valence-corrected chi connectivity index (χ2v) is 8.43. The van der Waals surface area contributed by atoms with Gasteiger partial charge in [0.15, 0.2) is 11.4 Å². The Labute approximate surface area is 194 Å². The Hall–Kier alpha value is -3.03. The molecule has 0 radical (unpaired) electrons. The highest BCUT2D eigenvalue weighted by molar-refractivity contribution is 6.00. The van der Waals surface area contributed by atoms with Gasteiger partial charge in [0.05, 0.1) is 13.2 Å². The first kappa shape index (κ1) is 23.1. The number of H-pyrrole nitrogens is 1. The number of nitrogens with zero attached hydrogens (tertiary/aromatic N) is 1. The number of piperidine rings is 1. The topological polar surface area (TPSA) is 84.0 Å². The van der Waals surface area contributed by atoms with Gasteiger partial charge in [0.2, 0.25) is 0 Å². The SMILES string of the molecule is CCOC(=O)c1[nH]c2ccccc2c1OCC(O)CN1CCC(COc2ccccc2)CC1. The van der Waals surface area contributed by atoms with Gasteiger partial charge in [0, 0.05) is 17.4 Å². The van der Waals surface area contributed by atoms with Crippen molar-refractivity contribution >= 4 is 16.9 Å². The summed E-state index contributed by atoms with van der Waals surface area (Å²) < 4.78 is 17.0. The van der Waals surface area contributed by atoms with E-state index in [4.69, 9.17) is 14.2 Å². The maximum Gasteiger partial charge on any atom is 0.358 e. The van der Waals surface area contributed by atoms with E-state index in [2.05, 4.69) is 9.88 Å². The molecule has 176 valence electrons. The first-order valence-corrected chi connectivity index (χ1v) is 11.6. The average molecular weight is 453 g/mol. The highest BCUT2D eigenvalue weighted by atomic mass is 16.5. The zero-order valence-corrected chi connectivity index (χ0v) is 19.0. The zero-order chi connectivity index (χ0) is 23.0. The van der Waals surface area contributed by atoms with Gasteiger partial charge in [-0.25, -0.2) is 4.79 Å². The largest absolute Gasteiger partial charge is 0.493 e. The molecule has 1 fully saturated rings. The monoisotopic (exact) mass is 452 g/mol. The number of hydrogen-bond acceptors (Lipinski definition) is 6. The molecule has 4 rings (SSSR count). The summed E-state index contributed by atoms with van der Waals surface area (Å²) in [5.74, 6) is 1.40. The van der Waals surface area contributed by atoms with Crippen molar-refractivity contribution in [3.8, 4) is 11.5 Å². The molecule has 33 heavy (non-hydrogen) atoms. The summed E-state index contributed by atoms with van der Waals surface area (Å²) >= 11 is 0. The van der Waals surface area contributed by atoms with E-state index in [1.165, 1.54) is 0 Å². The van der Waals surface area contributed by atoms with Crippen molar-refractivity contribution < 1.29 is 24.1 Å². The molecule has 0 spiro atoms. The minimum atomic E-state index is -0.661. The Morgan fingerprint density at radius 2 is 1.82 bits per heavy atom. The van der Waals surface area contributed by atoms with E-state index in [0.717, 1.165) is 49.2 Å².